The van der Waals surface area contributed by atoms with Crippen molar-refractivity contribution in [1.82, 2.24) is 0 Å². The summed E-state index contributed by atoms with van der Waals surface area (Å²) in [6.07, 6.45) is 5.45. The number of nitrogen functional groups attached to an aromatic ring is 1. The molecule has 0 saturated heterocycles. The molecule has 0 aliphatic carbocycles. The Morgan fingerprint density at radius 2 is 2.05 bits per heavy atom. The van der Waals surface area contributed by atoms with Gasteiger partial charge in [0.15, 0.2) is 0 Å². The molecule has 0 bridgehead atoms. The van der Waals surface area contributed by atoms with Crippen molar-refractivity contribution in [1.29, 1.82) is 0 Å². The van der Waals surface area contributed by atoms with Gasteiger partial charge in [-0.3, -0.25) is 0 Å². The second-order valence-electron chi connectivity index (χ2n) is 4.88. The van der Waals surface area contributed by atoms with E-state index < -0.39 is 5.97 Å². The van der Waals surface area contributed by atoms with Crippen molar-refractivity contribution in [2.75, 3.05) is 11.1 Å². The van der Waals surface area contributed by atoms with Crippen molar-refractivity contribution >= 4 is 17.3 Å². The molecular formula is C15H24N2O2. The zero-order chi connectivity index (χ0) is 14.3. The number of hydrogen-bond donors (Lipinski definition) is 3. The van der Waals surface area contributed by atoms with Crippen molar-refractivity contribution in [3.8, 4) is 0 Å². The van der Waals surface area contributed by atoms with Gasteiger partial charge in [-0.25, -0.2) is 4.79 Å². The second kappa shape index (κ2) is 7.67. The summed E-state index contributed by atoms with van der Waals surface area (Å²) in [5.74, 6) is -0.923. The van der Waals surface area contributed by atoms with Gasteiger partial charge in [0.25, 0.3) is 0 Å². The lowest BCUT2D eigenvalue weighted by atomic mass is 10.0. The molecule has 1 aromatic carbocycles. The highest BCUT2D eigenvalue weighted by Crippen LogP contribution is 2.22. The molecule has 1 unspecified atom stereocenters. The van der Waals surface area contributed by atoms with Crippen LogP contribution in [0.1, 0.15) is 56.3 Å². The maximum atomic E-state index is 11.2. The number of unbranched alkanes of at least 4 members (excludes halogenated alkanes) is 1. The number of carbonyl (C=O) groups is 1. The van der Waals surface area contributed by atoms with Crippen LogP contribution in [0.15, 0.2) is 18.2 Å². The van der Waals surface area contributed by atoms with E-state index in [1.807, 2.05) is 0 Å². The first-order valence-electron chi connectivity index (χ1n) is 6.97. The first kappa shape index (κ1) is 15.3. The fourth-order valence-electron chi connectivity index (χ4n) is 2.18. The van der Waals surface area contributed by atoms with E-state index >= 15 is 0 Å². The van der Waals surface area contributed by atoms with Gasteiger partial charge >= 0.3 is 5.97 Å². The summed E-state index contributed by atoms with van der Waals surface area (Å²) in [7, 11) is 0. The van der Waals surface area contributed by atoms with Gasteiger partial charge in [0.1, 0.15) is 0 Å². The molecule has 106 valence electrons. The van der Waals surface area contributed by atoms with Crippen LogP contribution >= 0.6 is 0 Å². The summed E-state index contributed by atoms with van der Waals surface area (Å²) >= 11 is 0. The summed E-state index contributed by atoms with van der Waals surface area (Å²) in [5, 5.41) is 12.5. The van der Waals surface area contributed by atoms with Crippen LogP contribution in [-0.2, 0) is 0 Å². The second-order valence-corrected chi connectivity index (χ2v) is 4.88. The first-order chi connectivity index (χ1) is 9.08. The number of aromatic carboxylic acids is 1. The third-order valence-corrected chi connectivity index (χ3v) is 3.18. The highest BCUT2D eigenvalue weighted by Gasteiger charge is 2.14. The zero-order valence-corrected chi connectivity index (χ0v) is 11.8. The van der Waals surface area contributed by atoms with E-state index in [0.717, 1.165) is 32.1 Å². The highest BCUT2D eigenvalue weighted by molar-refractivity contribution is 5.95. The molecule has 4 N–H and O–H groups in total. The first-order valence-corrected chi connectivity index (χ1v) is 6.97. The molecule has 4 heteroatoms. The number of anilines is 2. The molecular weight excluding hydrogens is 240 g/mol. The normalized spacial score (nSPS) is 12.1. The molecule has 1 aromatic rings. The summed E-state index contributed by atoms with van der Waals surface area (Å²) in [5.41, 5.74) is 7.24. The monoisotopic (exact) mass is 264 g/mol. The lowest BCUT2D eigenvalue weighted by Crippen LogP contribution is -2.21. The fraction of sp³-hybridized carbons (Fsp3) is 0.533. The number of rotatable bonds is 8. The highest BCUT2D eigenvalue weighted by atomic mass is 16.4. The van der Waals surface area contributed by atoms with Crippen LogP contribution in [0, 0.1) is 0 Å². The standard InChI is InChI=1S/C15H24N2O2/c1-3-5-7-12(6-4-2)17-14-10-11(16)8-9-13(14)15(18)19/h8-10,12,17H,3-7,16H2,1-2H3,(H,18,19). The minimum Gasteiger partial charge on any atom is -0.478 e. The SMILES string of the molecule is CCCCC(CCC)Nc1cc(N)ccc1C(=O)O. The van der Waals surface area contributed by atoms with E-state index in [4.69, 9.17) is 5.73 Å². The van der Waals surface area contributed by atoms with E-state index in [-0.39, 0.29) is 5.56 Å². The Kier molecular flexibility index (Phi) is 6.19. The molecule has 0 spiro atoms. The van der Waals surface area contributed by atoms with E-state index in [0.29, 0.717) is 17.4 Å². The third-order valence-electron chi connectivity index (χ3n) is 3.18. The smallest absolute Gasteiger partial charge is 0.337 e. The van der Waals surface area contributed by atoms with Gasteiger partial charge in [0.2, 0.25) is 0 Å². The maximum Gasteiger partial charge on any atom is 0.337 e. The van der Waals surface area contributed by atoms with Crippen molar-refractivity contribution in [3.05, 3.63) is 23.8 Å². The molecule has 19 heavy (non-hydrogen) atoms. The van der Waals surface area contributed by atoms with Gasteiger partial charge < -0.3 is 16.2 Å². The van der Waals surface area contributed by atoms with Gasteiger partial charge in [0, 0.05) is 11.7 Å². The Labute approximate surface area is 115 Å². The number of carboxylic acid groups (broad SMARTS) is 1. The van der Waals surface area contributed by atoms with Crippen LogP contribution in [-0.4, -0.2) is 17.1 Å². The number of nitrogens with two attached hydrogens (primary N) is 1. The van der Waals surface area contributed by atoms with Gasteiger partial charge in [-0.1, -0.05) is 33.1 Å². The molecule has 0 aliphatic rings. The average Bonchev–Trinajstić information content (AvgIpc) is 2.36. The van der Waals surface area contributed by atoms with Crippen LogP contribution in [0.2, 0.25) is 0 Å². The van der Waals surface area contributed by atoms with Crippen molar-refractivity contribution in [2.45, 2.75) is 52.0 Å². The molecule has 0 saturated carbocycles. The van der Waals surface area contributed by atoms with Crippen LogP contribution in [0.4, 0.5) is 11.4 Å². The number of nitrogens with one attached hydrogen (secondary N) is 1. The van der Waals surface area contributed by atoms with Crippen LogP contribution < -0.4 is 11.1 Å². The zero-order valence-electron chi connectivity index (χ0n) is 11.8. The molecule has 0 aromatic heterocycles. The Hall–Kier alpha value is -1.71. The number of carboxylic acids is 1. The van der Waals surface area contributed by atoms with Crippen LogP contribution in [0.25, 0.3) is 0 Å². The Morgan fingerprint density at radius 1 is 1.32 bits per heavy atom. The Morgan fingerprint density at radius 3 is 2.63 bits per heavy atom. The molecule has 0 fully saturated rings. The van der Waals surface area contributed by atoms with Gasteiger partial charge in [-0.05, 0) is 31.0 Å². The summed E-state index contributed by atoms with van der Waals surface area (Å²) in [6, 6.07) is 5.20. The van der Waals surface area contributed by atoms with Gasteiger partial charge in [0.05, 0.1) is 11.3 Å². The summed E-state index contributed by atoms with van der Waals surface area (Å²) in [6.45, 7) is 4.30. The molecule has 0 radical (unpaired) electrons. The van der Waals surface area contributed by atoms with Crippen molar-refractivity contribution in [3.63, 3.8) is 0 Å². The van der Waals surface area contributed by atoms with Gasteiger partial charge in [-0.2, -0.15) is 0 Å². The van der Waals surface area contributed by atoms with Crippen molar-refractivity contribution in [2.24, 2.45) is 0 Å². The van der Waals surface area contributed by atoms with E-state index in [2.05, 4.69) is 19.2 Å². The predicted octanol–water partition coefficient (Wildman–Crippen LogP) is 3.74. The summed E-state index contributed by atoms with van der Waals surface area (Å²) < 4.78 is 0. The Balaban J connectivity index is 2.87. The lowest BCUT2D eigenvalue weighted by molar-refractivity contribution is 0.0698. The van der Waals surface area contributed by atoms with E-state index in [1.165, 1.54) is 0 Å². The largest absolute Gasteiger partial charge is 0.478 e. The molecule has 0 aliphatic heterocycles. The molecule has 0 amide bonds. The average molecular weight is 264 g/mol. The molecule has 4 nitrogen and oxygen atoms in total. The molecule has 0 heterocycles. The Bertz CT molecular complexity index is 419. The third kappa shape index (κ3) is 4.81. The number of hydrogen-bond acceptors (Lipinski definition) is 3. The van der Waals surface area contributed by atoms with Crippen LogP contribution in [0.5, 0.6) is 0 Å². The quantitative estimate of drug-likeness (QED) is 0.625. The van der Waals surface area contributed by atoms with Crippen LogP contribution in [0.3, 0.4) is 0 Å². The fourth-order valence-corrected chi connectivity index (χ4v) is 2.18. The minimum atomic E-state index is -0.923. The van der Waals surface area contributed by atoms with Gasteiger partial charge in [-0.15, -0.1) is 0 Å². The summed E-state index contributed by atoms with van der Waals surface area (Å²) in [4.78, 5) is 11.2. The predicted molar refractivity (Wildman–Crippen MR) is 79.7 cm³/mol. The van der Waals surface area contributed by atoms with E-state index in [9.17, 15) is 9.90 Å². The molecule has 1 rings (SSSR count). The van der Waals surface area contributed by atoms with E-state index in [1.54, 1.807) is 18.2 Å². The number of benzene rings is 1. The van der Waals surface area contributed by atoms with Crippen molar-refractivity contribution < 1.29 is 9.90 Å². The maximum absolute atomic E-state index is 11.2. The topological polar surface area (TPSA) is 75.3 Å². The lowest BCUT2D eigenvalue weighted by Gasteiger charge is -2.20. The molecule has 1 atom stereocenters. The minimum absolute atomic E-state index is 0.284.